The Labute approximate surface area is 180 Å². The SMILES string of the molecule is CN=C(NCCCCC1CCCC1)NCc1cccnc1N1CCCC(C(N)=O)C1. The van der Waals surface area contributed by atoms with E-state index in [1.807, 2.05) is 12.3 Å². The molecule has 4 N–H and O–H groups in total. The van der Waals surface area contributed by atoms with E-state index in [-0.39, 0.29) is 11.8 Å². The van der Waals surface area contributed by atoms with Gasteiger partial charge in [-0.2, -0.15) is 0 Å². The Balaban J connectivity index is 1.45. The average Bonchev–Trinajstić information content (AvgIpc) is 3.29. The number of unbranched alkanes of at least 4 members (excludes halogenated alkanes) is 1. The van der Waals surface area contributed by atoms with E-state index in [9.17, 15) is 4.79 Å². The minimum atomic E-state index is -0.215. The van der Waals surface area contributed by atoms with Gasteiger partial charge < -0.3 is 21.3 Å². The minimum Gasteiger partial charge on any atom is -0.369 e. The van der Waals surface area contributed by atoms with E-state index in [2.05, 4.69) is 31.6 Å². The number of rotatable bonds is 9. The molecule has 0 radical (unpaired) electrons. The molecule has 2 aliphatic rings. The maximum Gasteiger partial charge on any atom is 0.222 e. The Morgan fingerprint density at radius 3 is 2.83 bits per heavy atom. The van der Waals surface area contributed by atoms with Gasteiger partial charge in [-0.05, 0) is 31.2 Å². The largest absolute Gasteiger partial charge is 0.369 e. The number of hydrogen-bond acceptors (Lipinski definition) is 4. The average molecular weight is 415 g/mol. The zero-order valence-corrected chi connectivity index (χ0v) is 18.4. The lowest BCUT2D eigenvalue weighted by Crippen LogP contribution is -2.42. The molecule has 166 valence electrons. The summed E-state index contributed by atoms with van der Waals surface area (Å²) < 4.78 is 0. The van der Waals surface area contributed by atoms with Gasteiger partial charge in [-0.15, -0.1) is 0 Å². The van der Waals surface area contributed by atoms with Crippen molar-refractivity contribution in [2.75, 3.05) is 31.6 Å². The van der Waals surface area contributed by atoms with Gasteiger partial charge in [0.25, 0.3) is 0 Å². The van der Waals surface area contributed by atoms with Crippen LogP contribution in [0.5, 0.6) is 0 Å². The van der Waals surface area contributed by atoms with Crippen molar-refractivity contribution >= 4 is 17.7 Å². The van der Waals surface area contributed by atoms with Crippen LogP contribution in [-0.4, -0.2) is 43.5 Å². The number of hydrogen-bond donors (Lipinski definition) is 3. The van der Waals surface area contributed by atoms with Crippen LogP contribution >= 0.6 is 0 Å². The third kappa shape index (κ3) is 6.61. The van der Waals surface area contributed by atoms with Crippen molar-refractivity contribution in [1.82, 2.24) is 15.6 Å². The molecule has 7 nitrogen and oxygen atoms in total. The summed E-state index contributed by atoms with van der Waals surface area (Å²) in [4.78, 5) is 22.8. The highest BCUT2D eigenvalue weighted by atomic mass is 16.1. The van der Waals surface area contributed by atoms with Gasteiger partial charge in [0.1, 0.15) is 5.82 Å². The highest BCUT2D eigenvalue weighted by molar-refractivity contribution is 5.80. The summed E-state index contributed by atoms with van der Waals surface area (Å²) in [6, 6.07) is 4.04. The van der Waals surface area contributed by atoms with Crippen molar-refractivity contribution in [3.63, 3.8) is 0 Å². The number of carbonyl (C=O) groups excluding carboxylic acids is 1. The second-order valence-electron chi connectivity index (χ2n) is 8.67. The second kappa shape index (κ2) is 11.8. The van der Waals surface area contributed by atoms with Gasteiger partial charge >= 0.3 is 0 Å². The Morgan fingerprint density at radius 1 is 1.23 bits per heavy atom. The van der Waals surface area contributed by atoms with Crippen LogP contribution in [0.3, 0.4) is 0 Å². The number of piperidine rings is 1. The van der Waals surface area contributed by atoms with Crippen molar-refractivity contribution in [3.05, 3.63) is 23.9 Å². The van der Waals surface area contributed by atoms with E-state index < -0.39 is 0 Å². The van der Waals surface area contributed by atoms with Gasteiger partial charge in [0.2, 0.25) is 5.91 Å². The summed E-state index contributed by atoms with van der Waals surface area (Å²) in [5.41, 5.74) is 6.65. The normalized spacial score (nSPS) is 20.4. The Kier molecular flexibility index (Phi) is 8.78. The van der Waals surface area contributed by atoms with Crippen molar-refractivity contribution in [2.24, 2.45) is 22.6 Å². The van der Waals surface area contributed by atoms with Crippen LogP contribution in [0.25, 0.3) is 0 Å². The fourth-order valence-corrected chi connectivity index (χ4v) is 4.72. The maximum absolute atomic E-state index is 11.6. The molecule has 7 heteroatoms. The van der Waals surface area contributed by atoms with E-state index >= 15 is 0 Å². The predicted octanol–water partition coefficient (Wildman–Crippen LogP) is 2.81. The number of amides is 1. The fourth-order valence-electron chi connectivity index (χ4n) is 4.72. The molecule has 1 aliphatic heterocycles. The lowest BCUT2D eigenvalue weighted by atomic mass is 9.97. The van der Waals surface area contributed by atoms with Gasteiger partial charge in [0.05, 0.1) is 5.92 Å². The number of nitrogens with zero attached hydrogens (tertiary/aromatic N) is 3. The van der Waals surface area contributed by atoms with Crippen LogP contribution in [0, 0.1) is 11.8 Å². The first-order chi connectivity index (χ1) is 14.7. The zero-order valence-electron chi connectivity index (χ0n) is 18.4. The predicted molar refractivity (Wildman–Crippen MR) is 122 cm³/mol. The molecule has 2 fully saturated rings. The summed E-state index contributed by atoms with van der Waals surface area (Å²) in [7, 11) is 1.81. The molecule has 1 aliphatic carbocycles. The molecule has 1 atom stereocenters. The first-order valence-corrected chi connectivity index (χ1v) is 11.6. The van der Waals surface area contributed by atoms with Gasteiger partial charge in [0, 0.05) is 45.0 Å². The number of nitrogens with two attached hydrogens (primary N) is 1. The summed E-state index contributed by atoms with van der Waals surface area (Å²) in [5.74, 6) is 2.41. The molecule has 1 aromatic heterocycles. The fraction of sp³-hybridized carbons (Fsp3) is 0.696. The van der Waals surface area contributed by atoms with Crippen LogP contribution in [0.15, 0.2) is 23.3 Å². The minimum absolute atomic E-state index is 0.0970. The first kappa shape index (κ1) is 22.4. The van der Waals surface area contributed by atoms with Crippen molar-refractivity contribution in [2.45, 2.75) is 64.3 Å². The lowest BCUT2D eigenvalue weighted by molar-refractivity contribution is -0.122. The number of pyridine rings is 1. The number of aliphatic imine (C=N–C) groups is 1. The quantitative estimate of drug-likeness (QED) is 0.328. The Morgan fingerprint density at radius 2 is 2.07 bits per heavy atom. The third-order valence-corrected chi connectivity index (χ3v) is 6.47. The van der Waals surface area contributed by atoms with Crippen LogP contribution in [0.4, 0.5) is 5.82 Å². The summed E-state index contributed by atoms with van der Waals surface area (Å²) in [6.45, 7) is 3.14. The van der Waals surface area contributed by atoms with Crippen molar-refractivity contribution in [1.29, 1.82) is 0 Å². The molecule has 30 heavy (non-hydrogen) atoms. The van der Waals surface area contributed by atoms with Crippen LogP contribution in [-0.2, 0) is 11.3 Å². The molecule has 2 heterocycles. The summed E-state index contributed by atoms with van der Waals surface area (Å²) in [5, 5.41) is 6.84. The van der Waals surface area contributed by atoms with Crippen LogP contribution < -0.4 is 21.3 Å². The van der Waals surface area contributed by atoms with Gasteiger partial charge in [-0.1, -0.05) is 44.6 Å². The first-order valence-electron chi connectivity index (χ1n) is 11.6. The maximum atomic E-state index is 11.6. The van der Waals surface area contributed by atoms with E-state index in [1.165, 1.54) is 44.9 Å². The monoisotopic (exact) mass is 414 g/mol. The van der Waals surface area contributed by atoms with E-state index in [4.69, 9.17) is 5.73 Å². The van der Waals surface area contributed by atoms with Crippen LogP contribution in [0.2, 0.25) is 0 Å². The zero-order chi connectivity index (χ0) is 21.2. The Hall–Kier alpha value is -2.31. The third-order valence-electron chi connectivity index (χ3n) is 6.47. The van der Waals surface area contributed by atoms with Crippen LogP contribution in [0.1, 0.15) is 63.4 Å². The van der Waals surface area contributed by atoms with Crippen molar-refractivity contribution < 1.29 is 4.79 Å². The second-order valence-corrected chi connectivity index (χ2v) is 8.67. The highest BCUT2D eigenvalue weighted by Crippen LogP contribution is 2.28. The molecule has 1 amide bonds. The smallest absolute Gasteiger partial charge is 0.222 e. The standard InChI is InChI=1S/C23H38N6O/c1-25-23(27-13-5-4-10-18-8-2-3-9-18)28-16-19-11-6-14-26-22(19)29-15-7-12-20(17-29)21(24)30/h6,11,14,18,20H,2-5,7-10,12-13,15-17H2,1H3,(H2,24,30)(H2,25,27,28). The molecule has 1 unspecified atom stereocenters. The van der Waals surface area contributed by atoms with Gasteiger partial charge in [-0.25, -0.2) is 4.98 Å². The van der Waals surface area contributed by atoms with Gasteiger partial charge in [-0.3, -0.25) is 9.79 Å². The topological polar surface area (TPSA) is 95.6 Å². The van der Waals surface area contributed by atoms with E-state index in [0.717, 1.165) is 49.2 Å². The molecule has 0 spiro atoms. The number of guanidine groups is 1. The molecule has 1 aromatic rings. The highest BCUT2D eigenvalue weighted by Gasteiger charge is 2.26. The van der Waals surface area contributed by atoms with E-state index in [1.54, 1.807) is 7.05 Å². The molecule has 1 saturated carbocycles. The van der Waals surface area contributed by atoms with Gasteiger partial charge in [0.15, 0.2) is 5.96 Å². The molecule has 3 rings (SSSR count). The number of carbonyl (C=O) groups is 1. The summed E-state index contributed by atoms with van der Waals surface area (Å²) in [6.07, 6.45) is 13.2. The number of nitrogens with one attached hydrogen (secondary N) is 2. The lowest BCUT2D eigenvalue weighted by Gasteiger charge is -2.33. The molecular formula is C23H38N6O. The number of aromatic nitrogens is 1. The molecule has 0 bridgehead atoms. The number of primary amides is 1. The summed E-state index contributed by atoms with van der Waals surface area (Å²) >= 11 is 0. The molecule has 0 aromatic carbocycles. The molecular weight excluding hydrogens is 376 g/mol. The van der Waals surface area contributed by atoms with Crippen molar-refractivity contribution in [3.8, 4) is 0 Å². The number of anilines is 1. The molecule has 1 saturated heterocycles. The Bertz CT molecular complexity index is 701. The van der Waals surface area contributed by atoms with E-state index in [0.29, 0.717) is 13.1 Å².